The minimum absolute atomic E-state index is 0.00629. The summed E-state index contributed by atoms with van der Waals surface area (Å²) in [5.41, 5.74) is 0. The van der Waals surface area contributed by atoms with Gasteiger partial charge in [-0.05, 0) is 20.3 Å². The Morgan fingerprint density at radius 1 is 1.40 bits per heavy atom. The van der Waals surface area contributed by atoms with Gasteiger partial charge in [0, 0.05) is 36.2 Å². The molecule has 1 aliphatic rings. The van der Waals surface area contributed by atoms with E-state index in [-0.39, 0.29) is 23.2 Å². The van der Waals surface area contributed by atoms with E-state index in [1.54, 1.807) is 11.8 Å². The quantitative estimate of drug-likeness (QED) is 0.867. The normalized spacial score (nSPS) is 20.1. The van der Waals surface area contributed by atoms with E-state index in [0.717, 1.165) is 25.3 Å². The highest BCUT2D eigenvalue weighted by atomic mass is 32.2. The summed E-state index contributed by atoms with van der Waals surface area (Å²) in [6.07, 6.45) is 0.960. The van der Waals surface area contributed by atoms with Crippen molar-refractivity contribution in [3.05, 3.63) is 0 Å². The molecule has 5 nitrogen and oxygen atoms in total. The third-order valence-corrected chi connectivity index (χ3v) is 5.07. The van der Waals surface area contributed by atoms with Crippen molar-refractivity contribution in [1.29, 1.82) is 0 Å². The van der Waals surface area contributed by atoms with Crippen molar-refractivity contribution in [2.24, 2.45) is 0 Å². The number of hydrogen-bond donors (Lipinski definition) is 1. The predicted molar refractivity (Wildman–Crippen MR) is 82.2 cm³/mol. The van der Waals surface area contributed by atoms with Gasteiger partial charge in [0.05, 0.1) is 6.42 Å². The SMILES string of the molecule is CCN(C(=O)N1CCSC(C)(C)CC1)C(C)CC(=O)O. The molecule has 0 bridgehead atoms. The highest BCUT2D eigenvalue weighted by molar-refractivity contribution is 8.00. The first kappa shape index (κ1) is 17.1. The molecule has 2 amide bonds. The maximum absolute atomic E-state index is 12.6. The Kier molecular flexibility index (Phi) is 6.17. The molecular formula is C14H26N2O3S. The molecule has 1 aliphatic heterocycles. The van der Waals surface area contributed by atoms with Crippen molar-refractivity contribution < 1.29 is 14.7 Å². The van der Waals surface area contributed by atoms with Crippen molar-refractivity contribution in [1.82, 2.24) is 9.80 Å². The lowest BCUT2D eigenvalue weighted by Gasteiger charge is -2.33. The monoisotopic (exact) mass is 302 g/mol. The van der Waals surface area contributed by atoms with Gasteiger partial charge >= 0.3 is 12.0 Å². The van der Waals surface area contributed by atoms with Crippen LogP contribution in [0.3, 0.4) is 0 Å². The molecule has 0 spiro atoms. The number of urea groups is 1. The molecule has 0 radical (unpaired) electrons. The lowest BCUT2D eigenvalue weighted by atomic mass is 10.1. The van der Waals surface area contributed by atoms with Gasteiger partial charge in [0.25, 0.3) is 0 Å². The van der Waals surface area contributed by atoms with Crippen LogP contribution in [-0.2, 0) is 4.79 Å². The number of thioether (sulfide) groups is 1. The van der Waals surface area contributed by atoms with E-state index in [0.29, 0.717) is 6.54 Å². The van der Waals surface area contributed by atoms with E-state index in [9.17, 15) is 9.59 Å². The van der Waals surface area contributed by atoms with Crippen LogP contribution in [0.2, 0.25) is 0 Å². The van der Waals surface area contributed by atoms with E-state index < -0.39 is 5.97 Å². The van der Waals surface area contributed by atoms with Crippen molar-refractivity contribution >= 4 is 23.8 Å². The van der Waals surface area contributed by atoms with Crippen LogP contribution >= 0.6 is 11.8 Å². The second kappa shape index (κ2) is 7.20. The molecule has 6 heteroatoms. The van der Waals surface area contributed by atoms with Crippen LogP contribution in [0, 0.1) is 0 Å². The average molecular weight is 302 g/mol. The van der Waals surface area contributed by atoms with Crippen molar-refractivity contribution in [3.63, 3.8) is 0 Å². The van der Waals surface area contributed by atoms with E-state index in [2.05, 4.69) is 13.8 Å². The number of rotatable bonds is 4. The molecule has 1 atom stereocenters. The van der Waals surface area contributed by atoms with Crippen molar-refractivity contribution in [2.45, 2.75) is 51.3 Å². The number of carboxylic acids is 1. The number of aliphatic carboxylic acids is 1. The lowest BCUT2D eigenvalue weighted by Crippen LogP contribution is -2.48. The third-order valence-electron chi connectivity index (χ3n) is 3.70. The predicted octanol–water partition coefficient (Wildman–Crippen LogP) is 2.51. The van der Waals surface area contributed by atoms with E-state index >= 15 is 0 Å². The molecule has 1 saturated heterocycles. The van der Waals surface area contributed by atoms with E-state index in [1.807, 2.05) is 23.6 Å². The molecule has 1 rings (SSSR count). The minimum atomic E-state index is -0.865. The number of hydrogen-bond acceptors (Lipinski definition) is 3. The topological polar surface area (TPSA) is 60.9 Å². The van der Waals surface area contributed by atoms with E-state index in [4.69, 9.17) is 5.11 Å². The molecule has 1 heterocycles. The van der Waals surface area contributed by atoms with Gasteiger partial charge in [-0.2, -0.15) is 11.8 Å². The first-order chi connectivity index (χ1) is 9.26. The average Bonchev–Trinajstić information content (AvgIpc) is 2.50. The Bertz CT molecular complexity index is 360. The smallest absolute Gasteiger partial charge is 0.320 e. The Balaban J connectivity index is 2.68. The summed E-state index contributed by atoms with van der Waals surface area (Å²) < 4.78 is 0.207. The van der Waals surface area contributed by atoms with Gasteiger partial charge < -0.3 is 14.9 Å². The fourth-order valence-electron chi connectivity index (χ4n) is 2.39. The molecule has 20 heavy (non-hydrogen) atoms. The Morgan fingerprint density at radius 3 is 2.60 bits per heavy atom. The Labute approximate surface area is 125 Å². The Morgan fingerprint density at radius 2 is 2.05 bits per heavy atom. The number of amides is 2. The second-order valence-electron chi connectivity index (χ2n) is 5.86. The first-order valence-corrected chi connectivity index (χ1v) is 8.16. The molecule has 0 aromatic carbocycles. The lowest BCUT2D eigenvalue weighted by molar-refractivity contribution is -0.138. The Hall–Kier alpha value is -0.910. The highest BCUT2D eigenvalue weighted by Gasteiger charge is 2.29. The standard InChI is InChI=1S/C14H26N2O3S/c1-5-16(11(2)10-12(17)18)13(19)15-7-6-14(3,4)20-9-8-15/h11H,5-10H2,1-4H3,(H,17,18). The van der Waals surface area contributed by atoms with Crippen LogP contribution in [-0.4, -0.2) is 63.1 Å². The summed E-state index contributed by atoms with van der Waals surface area (Å²) >= 11 is 1.89. The second-order valence-corrected chi connectivity index (χ2v) is 7.66. The number of carboxylic acid groups (broad SMARTS) is 1. The zero-order valence-electron chi connectivity index (χ0n) is 12.9. The molecule has 0 aromatic heterocycles. The van der Waals surface area contributed by atoms with Gasteiger partial charge in [-0.1, -0.05) is 13.8 Å². The van der Waals surface area contributed by atoms with Crippen LogP contribution in [0.1, 0.15) is 40.5 Å². The van der Waals surface area contributed by atoms with Crippen LogP contribution in [0.4, 0.5) is 4.79 Å². The van der Waals surface area contributed by atoms with Crippen molar-refractivity contribution in [3.8, 4) is 0 Å². The fraction of sp³-hybridized carbons (Fsp3) is 0.857. The van der Waals surface area contributed by atoms with Gasteiger partial charge in [-0.15, -0.1) is 0 Å². The van der Waals surface area contributed by atoms with Crippen LogP contribution in [0.25, 0.3) is 0 Å². The third kappa shape index (κ3) is 4.89. The number of carbonyl (C=O) groups excluding carboxylic acids is 1. The molecule has 0 aromatic rings. The maximum atomic E-state index is 12.6. The summed E-state index contributed by atoms with van der Waals surface area (Å²) in [7, 11) is 0. The molecule has 116 valence electrons. The molecule has 0 aliphatic carbocycles. The zero-order valence-corrected chi connectivity index (χ0v) is 13.7. The molecular weight excluding hydrogens is 276 g/mol. The molecule has 1 unspecified atom stereocenters. The zero-order chi connectivity index (χ0) is 15.3. The summed E-state index contributed by atoms with van der Waals surface area (Å²) in [5, 5.41) is 8.88. The van der Waals surface area contributed by atoms with Gasteiger partial charge in [0.15, 0.2) is 0 Å². The van der Waals surface area contributed by atoms with Gasteiger partial charge in [-0.25, -0.2) is 4.79 Å². The van der Waals surface area contributed by atoms with Gasteiger partial charge in [0.1, 0.15) is 0 Å². The van der Waals surface area contributed by atoms with Crippen molar-refractivity contribution in [2.75, 3.05) is 25.4 Å². The molecule has 0 saturated carbocycles. The summed E-state index contributed by atoms with van der Waals surface area (Å²) in [6, 6.07) is -0.298. The summed E-state index contributed by atoms with van der Waals surface area (Å²) in [5.74, 6) is 0.0696. The van der Waals surface area contributed by atoms with Crippen LogP contribution in [0.15, 0.2) is 0 Å². The van der Waals surface area contributed by atoms with Crippen LogP contribution < -0.4 is 0 Å². The number of nitrogens with zero attached hydrogens (tertiary/aromatic N) is 2. The summed E-state index contributed by atoms with van der Waals surface area (Å²) in [6.45, 7) is 10.1. The largest absolute Gasteiger partial charge is 0.481 e. The highest BCUT2D eigenvalue weighted by Crippen LogP contribution is 2.31. The fourth-order valence-corrected chi connectivity index (χ4v) is 3.49. The van der Waals surface area contributed by atoms with Gasteiger partial charge in [-0.3, -0.25) is 4.79 Å². The minimum Gasteiger partial charge on any atom is -0.481 e. The number of carbonyl (C=O) groups is 2. The molecule has 1 fully saturated rings. The van der Waals surface area contributed by atoms with Gasteiger partial charge in [0.2, 0.25) is 0 Å². The van der Waals surface area contributed by atoms with Crippen LogP contribution in [0.5, 0.6) is 0 Å². The summed E-state index contributed by atoms with van der Waals surface area (Å²) in [4.78, 5) is 26.9. The maximum Gasteiger partial charge on any atom is 0.320 e. The van der Waals surface area contributed by atoms with E-state index in [1.165, 1.54) is 0 Å². The first-order valence-electron chi connectivity index (χ1n) is 7.18. The molecule has 1 N–H and O–H groups in total.